The van der Waals surface area contributed by atoms with Crippen molar-refractivity contribution in [3.63, 3.8) is 0 Å². The molecule has 112 valence electrons. The second-order valence-electron chi connectivity index (χ2n) is 7.25. The maximum Gasteiger partial charge on any atom is 0.0752 e. The van der Waals surface area contributed by atoms with E-state index in [0.717, 1.165) is 27.2 Å². The number of pyridine rings is 1. The van der Waals surface area contributed by atoms with Crippen molar-refractivity contribution < 1.29 is 0 Å². The zero-order chi connectivity index (χ0) is 15.2. The highest BCUT2D eigenvalue weighted by molar-refractivity contribution is 6.35. The van der Waals surface area contributed by atoms with Crippen molar-refractivity contribution in [2.75, 3.05) is 5.32 Å². The molecule has 1 fully saturated rings. The normalized spacial score (nSPS) is 24.4. The Balaban J connectivity index is 2.01. The van der Waals surface area contributed by atoms with Gasteiger partial charge in [-0.25, -0.2) is 0 Å². The molecule has 1 saturated carbocycles. The predicted octanol–water partition coefficient (Wildman–Crippen LogP) is 5.43. The van der Waals surface area contributed by atoms with Crippen molar-refractivity contribution in [2.45, 2.75) is 46.6 Å². The van der Waals surface area contributed by atoms with E-state index in [0.29, 0.717) is 17.4 Å². The third-order valence-electron chi connectivity index (χ3n) is 4.70. The molecule has 2 unspecified atom stereocenters. The molecule has 1 N–H and O–H groups in total. The van der Waals surface area contributed by atoms with Crippen LogP contribution in [0.4, 0.5) is 5.69 Å². The molecule has 0 spiro atoms. The summed E-state index contributed by atoms with van der Waals surface area (Å²) in [6.45, 7) is 9.09. The average molecular weight is 303 g/mol. The monoisotopic (exact) mass is 302 g/mol. The zero-order valence-corrected chi connectivity index (χ0v) is 14.0. The summed E-state index contributed by atoms with van der Waals surface area (Å²) in [6, 6.07) is 6.58. The highest BCUT2D eigenvalue weighted by Gasteiger charge is 2.37. The Morgan fingerprint density at radius 3 is 2.76 bits per heavy atom. The molecule has 3 heteroatoms. The molecule has 0 bridgehead atoms. The topological polar surface area (TPSA) is 24.9 Å². The second kappa shape index (κ2) is 5.17. The lowest BCUT2D eigenvalue weighted by molar-refractivity contribution is 0.366. The van der Waals surface area contributed by atoms with Gasteiger partial charge in [-0.05, 0) is 54.9 Å². The molecule has 2 aromatic rings. The molecular formula is C18H23ClN2. The standard InChI is InChI=1S/C18H23ClN2/c1-11-8-14(19)17(13-6-5-7-20-16(11)13)21-15-10-18(3,4)9-12(15)2/h5-8,12,15,21H,9-10H2,1-4H3. The number of rotatable bonds is 2. The lowest BCUT2D eigenvalue weighted by Gasteiger charge is -2.22. The first kappa shape index (κ1) is 14.6. The molecule has 0 radical (unpaired) electrons. The van der Waals surface area contributed by atoms with Crippen molar-refractivity contribution in [1.29, 1.82) is 0 Å². The third kappa shape index (κ3) is 2.74. The number of nitrogens with zero attached hydrogens (tertiary/aromatic N) is 1. The lowest BCUT2D eigenvalue weighted by Crippen LogP contribution is -2.23. The maximum absolute atomic E-state index is 6.52. The van der Waals surface area contributed by atoms with Gasteiger partial charge in [-0.3, -0.25) is 4.98 Å². The van der Waals surface area contributed by atoms with Gasteiger partial charge in [-0.1, -0.05) is 32.4 Å². The Hall–Kier alpha value is -1.28. The number of nitrogens with one attached hydrogen (secondary N) is 1. The number of hydrogen-bond acceptors (Lipinski definition) is 2. The Labute approximate surface area is 131 Å². The minimum Gasteiger partial charge on any atom is -0.380 e. The zero-order valence-electron chi connectivity index (χ0n) is 13.2. The van der Waals surface area contributed by atoms with Gasteiger partial charge in [0.25, 0.3) is 0 Å². The highest BCUT2D eigenvalue weighted by atomic mass is 35.5. The van der Waals surface area contributed by atoms with Crippen LogP contribution in [0.2, 0.25) is 5.02 Å². The van der Waals surface area contributed by atoms with E-state index < -0.39 is 0 Å². The molecule has 1 aliphatic rings. The summed E-state index contributed by atoms with van der Waals surface area (Å²) < 4.78 is 0. The molecule has 1 aromatic carbocycles. The van der Waals surface area contributed by atoms with Crippen LogP contribution in [0.1, 0.15) is 39.2 Å². The molecule has 2 atom stereocenters. The van der Waals surface area contributed by atoms with E-state index in [1.165, 1.54) is 12.8 Å². The maximum atomic E-state index is 6.52. The fraction of sp³-hybridized carbons (Fsp3) is 0.500. The highest BCUT2D eigenvalue weighted by Crippen LogP contribution is 2.43. The molecule has 3 rings (SSSR count). The second-order valence-corrected chi connectivity index (χ2v) is 7.66. The van der Waals surface area contributed by atoms with E-state index in [2.05, 4.69) is 44.1 Å². The SMILES string of the molecule is Cc1cc(Cl)c(NC2CC(C)(C)CC2C)c2cccnc12. The molecule has 1 heterocycles. The molecule has 1 aromatic heterocycles. The van der Waals surface area contributed by atoms with Crippen LogP contribution in [0, 0.1) is 18.3 Å². The van der Waals surface area contributed by atoms with Crippen LogP contribution in [0.5, 0.6) is 0 Å². The van der Waals surface area contributed by atoms with E-state index in [1.54, 1.807) is 0 Å². The molecule has 0 saturated heterocycles. The first-order valence-corrected chi connectivity index (χ1v) is 8.05. The summed E-state index contributed by atoms with van der Waals surface area (Å²) in [7, 11) is 0. The van der Waals surface area contributed by atoms with E-state index in [1.807, 2.05) is 18.3 Å². The van der Waals surface area contributed by atoms with Gasteiger partial charge in [-0.15, -0.1) is 0 Å². The number of halogens is 1. The van der Waals surface area contributed by atoms with Crippen molar-refractivity contribution in [3.05, 3.63) is 35.0 Å². The average Bonchev–Trinajstić information content (AvgIpc) is 2.67. The first-order chi connectivity index (χ1) is 9.87. The van der Waals surface area contributed by atoms with Gasteiger partial charge >= 0.3 is 0 Å². The summed E-state index contributed by atoms with van der Waals surface area (Å²) in [4.78, 5) is 4.51. The van der Waals surface area contributed by atoms with Crippen molar-refractivity contribution in [3.8, 4) is 0 Å². The third-order valence-corrected chi connectivity index (χ3v) is 4.99. The van der Waals surface area contributed by atoms with Crippen LogP contribution in [-0.2, 0) is 0 Å². The lowest BCUT2D eigenvalue weighted by atomic mass is 9.91. The Bertz CT molecular complexity index is 678. The van der Waals surface area contributed by atoms with E-state index in [-0.39, 0.29) is 0 Å². The predicted molar refractivity (Wildman–Crippen MR) is 91.1 cm³/mol. The quantitative estimate of drug-likeness (QED) is 0.799. The molecule has 21 heavy (non-hydrogen) atoms. The fourth-order valence-corrected chi connectivity index (χ4v) is 4.12. The fourth-order valence-electron chi connectivity index (χ4n) is 3.80. The number of aryl methyl sites for hydroxylation is 1. The minimum absolute atomic E-state index is 0.405. The molecule has 1 aliphatic carbocycles. The summed E-state index contributed by atoms with van der Waals surface area (Å²) >= 11 is 6.52. The smallest absolute Gasteiger partial charge is 0.0752 e. The first-order valence-electron chi connectivity index (χ1n) is 7.68. The van der Waals surface area contributed by atoms with Gasteiger partial charge in [0.05, 0.1) is 16.2 Å². The van der Waals surface area contributed by atoms with Crippen molar-refractivity contribution >= 4 is 28.2 Å². The molecule has 2 nitrogen and oxygen atoms in total. The molecular weight excluding hydrogens is 280 g/mol. The Morgan fingerprint density at radius 2 is 2.10 bits per heavy atom. The number of aromatic nitrogens is 1. The summed E-state index contributed by atoms with van der Waals surface area (Å²) in [5, 5.41) is 5.63. The van der Waals surface area contributed by atoms with Crippen LogP contribution < -0.4 is 5.32 Å². The van der Waals surface area contributed by atoms with Gasteiger partial charge in [0.2, 0.25) is 0 Å². The molecule has 0 aliphatic heterocycles. The number of anilines is 1. The van der Waals surface area contributed by atoms with E-state index in [9.17, 15) is 0 Å². The van der Waals surface area contributed by atoms with Gasteiger partial charge in [0.15, 0.2) is 0 Å². The number of fused-ring (bicyclic) bond motifs is 1. The van der Waals surface area contributed by atoms with Gasteiger partial charge < -0.3 is 5.32 Å². The van der Waals surface area contributed by atoms with Crippen LogP contribution in [0.15, 0.2) is 24.4 Å². The molecule has 0 amide bonds. The van der Waals surface area contributed by atoms with Crippen LogP contribution in [-0.4, -0.2) is 11.0 Å². The van der Waals surface area contributed by atoms with Gasteiger partial charge in [-0.2, -0.15) is 0 Å². The summed E-state index contributed by atoms with van der Waals surface area (Å²) in [6.07, 6.45) is 4.28. The number of benzene rings is 1. The van der Waals surface area contributed by atoms with Gasteiger partial charge in [0, 0.05) is 17.6 Å². The Kier molecular flexibility index (Phi) is 3.61. The van der Waals surface area contributed by atoms with Crippen LogP contribution in [0.25, 0.3) is 10.9 Å². The van der Waals surface area contributed by atoms with E-state index >= 15 is 0 Å². The van der Waals surface area contributed by atoms with Crippen LogP contribution >= 0.6 is 11.6 Å². The van der Waals surface area contributed by atoms with Crippen molar-refractivity contribution in [1.82, 2.24) is 4.98 Å². The van der Waals surface area contributed by atoms with Gasteiger partial charge in [0.1, 0.15) is 0 Å². The summed E-state index contributed by atoms with van der Waals surface area (Å²) in [5.74, 6) is 0.657. The largest absolute Gasteiger partial charge is 0.380 e. The Morgan fingerprint density at radius 1 is 1.33 bits per heavy atom. The summed E-state index contributed by atoms with van der Waals surface area (Å²) in [5.41, 5.74) is 3.61. The van der Waals surface area contributed by atoms with Crippen molar-refractivity contribution in [2.24, 2.45) is 11.3 Å². The minimum atomic E-state index is 0.405. The number of hydrogen-bond donors (Lipinski definition) is 1. The van der Waals surface area contributed by atoms with E-state index in [4.69, 9.17) is 11.6 Å². The van der Waals surface area contributed by atoms with Crippen LogP contribution in [0.3, 0.4) is 0 Å².